The van der Waals surface area contributed by atoms with E-state index in [9.17, 15) is 14.4 Å². The van der Waals surface area contributed by atoms with Gasteiger partial charge in [0.25, 0.3) is 5.91 Å². The number of carbonyl (C=O) groups is 3. The van der Waals surface area contributed by atoms with E-state index < -0.39 is 11.9 Å². The van der Waals surface area contributed by atoms with Gasteiger partial charge in [0.2, 0.25) is 5.91 Å². The molecule has 0 aliphatic carbocycles. The quantitative estimate of drug-likeness (QED) is 0.595. The summed E-state index contributed by atoms with van der Waals surface area (Å²) in [6.07, 6.45) is 1.74. The van der Waals surface area contributed by atoms with Crippen LogP contribution in [0, 0.1) is 0 Å². The molecule has 1 aliphatic heterocycles. The second kappa shape index (κ2) is 8.15. The van der Waals surface area contributed by atoms with Gasteiger partial charge in [-0.1, -0.05) is 54.2 Å². The number of nitrogens with one attached hydrogen (secondary N) is 1. The minimum Gasteiger partial charge on any atom is -0.478 e. The van der Waals surface area contributed by atoms with E-state index >= 15 is 0 Å². The Balaban J connectivity index is 1.69. The largest absolute Gasteiger partial charge is 0.478 e. The fourth-order valence-electron chi connectivity index (χ4n) is 2.38. The van der Waals surface area contributed by atoms with E-state index in [1.807, 2.05) is 30.3 Å². The van der Waals surface area contributed by atoms with Gasteiger partial charge in [-0.15, -0.1) is 0 Å². The number of hydrogen-bond donors (Lipinski definition) is 2. The maximum atomic E-state index is 12.5. The van der Waals surface area contributed by atoms with E-state index in [2.05, 4.69) is 5.43 Å². The Kier molecular flexibility index (Phi) is 5.68. The van der Waals surface area contributed by atoms with Crippen molar-refractivity contribution in [1.29, 1.82) is 0 Å². The normalized spacial score (nSPS) is 15.3. The van der Waals surface area contributed by atoms with Crippen molar-refractivity contribution in [1.82, 2.24) is 10.4 Å². The van der Waals surface area contributed by atoms with Crippen LogP contribution in [-0.2, 0) is 16.0 Å². The number of carboxylic acid groups (broad SMARTS) is 1. The molecular formula is C19H14N2O4S2. The maximum absolute atomic E-state index is 12.5. The standard InChI is InChI=1S/C19H14N2O4S2/c22-16(11-12-4-2-1-3-5-12)20-21-17(23)15(27-19(21)26)10-13-6-8-14(9-7-13)18(24)25/h1-10H,11H2,(H,20,22)(H,24,25)/b15-10-. The van der Waals surface area contributed by atoms with Crippen LogP contribution in [0.5, 0.6) is 0 Å². The fourth-order valence-corrected chi connectivity index (χ4v) is 3.56. The summed E-state index contributed by atoms with van der Waals surface area (Å²) in [5.41, 5.74) is 4.18. The molecule has 6 nitrogen and oxygen atoms in total. The molecule has 0 spiro atoms. The highest BCUT2D eigenvalue weighted by Gasteiger charge is 2.33. The van der Waals surface area contributed by atoms with Crippen LogP contribution < -0.4 is 5.43 Å². The second-order valence-electron chi connectivity index (χ2n) is 5.64. The van der Waals surface area contributed by atoms with Crippen molar-refractivity contribution in [3.8, 4) is 0 Å². The number of carbonyl (C=O) groups excluding carboxylic acids is 2. The van der Waals surface area contributed by atoms with Crippen molar-refractivity contribution in [3.63, 3.8) is 0 Å². The Morgan fingerprint density at radius 2 is 1.78 bits per heavy atom. The zero-order valence-corrected chi connectivity index (χ0v) is 15.5. The topological polar surface area (TPSA) is 86.7 Å². The Labute approximate surface area is 164 Å². The molecule has 1 heterocycles. The van der Waals surface area contributed by atoms with Crippen LogP contribution in [0.25, 0.3) is 6.08 Å². The molecule has 2 aromatic carbocycles. The Morgan fingerprint density at radius 3 is 2.41 bits per heavy atom. The van der Waals surface area contributed by atoms with Gasteiger partial charge in [0, 0.05) is 0 Å². The Hall–Kier alpha value is -2.97. The van der Waals surface area contributed by atoms with Gasteiger partial charge >= 0.3 is 5.97 Å². The lowest BCUT2D eigenvalue weighted by atomic mass is 10.1. The maximum Gasteiger partial charge on any atom is 0.335 e. The Morgan fingerprint density at radius 1 is 1.11 bits per heavy atom. The van der Waals surface area contributed by atoms with Gasteiger partial charge in [-0.3, -0.25) is 15.0 Å². The summed E-state index contributed by atoms with van der Waals surface area (Å²) in [6.45, 7) is 0. The molecule has 2 N–H and O–H groups in total. The van der Waals surface area contributed by atoms with Crippen LogP contribution in [0.3, 0.4) is 0 Å². The van der Waals surface area contributed by atoms with E-state index in [0.717, 1.165) is 22.3 Å². The number of hydrazine groups is 1. The van der Waals surface area contributed by atoms with E-state index in [4.69, 9.17) is 17.3 Å². The van der Waals surface area contributed by atoms with Gasteiger partial charge in [-0.2, -0.15) is 5.01 Å². The number of thiocarbonyl (C=S) groups is 1. The SMILES string of the molecule is O=C(Cc1ccccc1)NN1C(=O)/C(=C/c2ccc(C(=O)O)cc2)SC1=S. The van der Waals surface area contributed by atoms with Crippen molar-refractivity contribution < 1.29 is 19.5 Å². The van der Waals surface area contributed by atoms with Crippen LogP contribution in [0.1, 0.15) is 21.5 Å². The van der Waals surface area contributed by atoms with Crippen molar-refractivity contribution in [3.05, 3.63) is 76.2 Å². The highest BCUT2D eigenvalue weighted by atomic mass is 32.2. The van der Waals surface area contributed by atoms with Gasteiger partial charge in [0.1, 0.15) is 0 Å². The number of amides is 2. The van der Waals surface area contributed by atoms with E-state index in [-0.39, 0.29) is 22.2 Å². The molecule has 0 radical (unpaired) electrons. The van der Waals surface area contributed by atoms with Crippen LogP contribution in [0.2, 0.25) is 0 Å². The molecule has 0 saturated carbocycles. The van der Waals surface area contributed by atoms with Gasteiger partial charge in [0.05, 0.1) is 16.9 Å². The van der Waals surface area contributed by atoms with E-state index in [1.165, 1.54) is 12.1 Å². The molecule has 1 aliphatic rings. The molecule has 0 bridgehead atoms. The third-order valence-corrected chi connectivity index (χ3v) is 5.00. The molecule has 1 saturated heterocycles. The lowest BCUT2D eigenvalue weighted by molar-refractivity contribution is -0.132. The summed E-state index contributed by atoms with van der Waals surface area (Å²) in [6, 6.07) is 15.3. The second-order valence-corrected chi connectivity index (χ2v) is 7.32. The van der Waals surface area contributed by atoms with Crippen LogP contribution in [0.4, 0.5) is 0 Å². The molecule has 0 atom stereocenters. The van der Waals surface area contributed by atoms with Crippen molar-refractivity contribution in [2.45, 2.75) is 6.42 Å². The predicted octanol–water partition coefficient (Wildman–Crippen LogP) is 2.86. The van der Waals surface area contributed by atoms with E-state index in [0.29, 0.717) is 10.5 Å². The highest BCUT2D eigenvalue weighted by molar-refractivity contribution is 8.26. The van der Waals surface area contributed by atoms with Crippen LogP contribution in [-0.4, -0.2) is 32.2 Å². The molecule has 3 rings (SSSR count). The smallest absolute Gasteiger partial charge is 0.335 e. The van der Waals surface area contributed by atoms with Crippen LogP contribution >= 0.6 is 24.0 Å². The molecule has 2 aromatic rings. The molecule has 136 valence electrons. The molecule has 0 aromatic heterocycles. The van der Waals surface area contributed by atoms with Gasteiger partial charge < -0.3 is 5.11 Å². The van der Waals surface area contributed by atoms with Gasteiger partial charge in [-0.05, 0) is 41.6 Å². The molecule has 2 amide bonds. The number of thioether (sulfide) groups is 1. The first-order chi connectivity index (χ1) is 12.9. The summed E-state index contributed by atoms with van der Waals surface area (Å²) < 4.78 is 0.231. The number of carboxylic acids is 1. The molecular weight excluding hydrogens is 384 g/mol. The fraction of sp³-hybridized carbons (Fsp3) is 0.0526. The van der Waals surface area contributed by atoms with Crippen LogP contribution in [0.15, 0.2) is 59.5 Å². The summed E-state index contributed by atoms with van der Waals surface area (Å²) in [7, 11) is 0. The summed E-state index contributed by atoms with van der Waals surface area (Å²) in [4.78, 5) is 35.9. The third-order valence-electron chi connectivity index (χ3n) is 3.69. The Bertz CT molecular complexity index is 940. The first-order valence-electron chi connectivity index (χ1n) is 7.89. The summed E-state index contributed by atoms with van der Waals surface area (Å²) in [5, 5.41) is 9.98. The molecule has 0 unspecified atom stereocenters. The van der Waals surface area contributed by atoms with Gasteiger partial charge in [-0.25, -0.2) is 4.79 Å². The number of benzene rings is 2. The zero-order valence-electron chi connectivity index (χ0n) is 13.9. The monoisotopic (exact) mass is 398 g/mol. The van der Waals surface area contributed by atoms with Crippen molar-refractivity contribution in [2.24, 2.45) is 0 Å². The molecule has 1 fully saturated rings. The van der Waals surface area contributed by atoms with Crippen molar-refractivity contribution >= 4 is 52.2 Å². The predicted molar refractivity (Wildman–Crippen MR) is 107 cm³/mol. The lowest BCUT2D eigenvalue weighted by Crippen LogP contribution is -2.45. The zero-order chi connectivity index (χ0) is 19.4. The molecule has 8 heteroatoms. The summed E-state index contributed by atoms with van der Waals surface area (Å²) in [5.74, 6) is -1.78. The summed E-state index contributed by atoms with van der Waals surface area (Å²) >= 11 is 6.26. The van der Waals surface area contributed by atoms with Crippen molar-refractivity contribution in [2.75, 3.05) is 0 Å². The lowest BCUT2D eigenvalue weighted by Gasteiger charge is -2.15. The molecule has 27 heavy (non-hydrogen) atoms. The average Bonchev–Trinajstić information content (AvgIpc) is 2.90. The first-order valence-corrected chi connectivity index (χ1v) is 9.11. The number of rotatable bonds is 5. The third kappa shape index (κ3) is 4.60. The highest BCUT2D eigenvalue weighted by Crippen LogP contribution is 2.31. The van der Waals surface area contributed by atoms with E-state index in [1.54, 1.807) is 18.2 Å². The average molecular weight is 398 g/mol. The minimum atomic E-state index is -1.02. The number of nitrogens with zero attached hydrogens (tertiary/aromatic N) is 1. The van der Waals surface area contributed by atoms with Gasteiger partial charge in [0.15, 0.2) is 4.32 Å². The number of hydrogen-bond acceptors (Lipinski definition) is 5. The first kappa shape index (κ1) is 18.8. The minimum absolute atomic E-state index is 0.133. The number of aromatic carboxylic acids is 1.